The lowest BCUT2D eigenvalue weighted by molar-refractivity contribution is -0.140. The van der Waals surface area contributed by atoms with Gasteiger partial charge in [-0.3, -0.25) is 9.59 Å². The summed E-state index contributed by atoms with van der Waals surface area (Å²) in [5, 5.41) is 12.9. The first-order chi connectivity index (χ1) is 14.3. The molecule has 0 saturated carbocycles. The van der Waals surface area contributed by atoms with Crippen molar-refractivity contribution < 1.29 is 19.4 Å². The number of amides is 1. The quantitative estimate of drug-likeness (QED) is 0.394. The zero-order valence-electron chi connectivity index (χ0n) is 17.8. The van der Waals surface area contributed by atoms with Gasteiger partial charge in [0, 0.05) is 23.5 Å². The number of aliphatic hydroxyl groups is 1. The van der Waals surface area contributed by atoms with E-state index < -0.39 is 17.7 Å². The van der Waals surface area contributed by atoms with Crippen LogP contribution in [-0.4, -0.2) is 60.4 Å². The van der Waals surface area contributed by atoms with Crippen molar-refractivity contribution in [2.75, 3.05) is 33.8 Å². The fourth-order valence-corrected chi connectivity index (χ4v) is 4.13. The molecule has 1 N–H and O–H groups in total. The minimum atomic E-state index is -0.648. The highest BCUT2D eigenvalue weighted by Crippen LogP contribution is 2.41. The Morgan fingerprint density at radius 3 is 2.47 bits per heavy atom. The van der Waals surface area contributed by atoms with Gasteiger partial charge in [-0.15, -0.1) is 11.3 Å². The first-order valence-electron chi connectivity index (χ1n) is 9.99. The van der Waals surface area contributed by atoms with Crippen molar-refractivity contribution in [3.63, 3.8) is 0 Å². The Labute approximate surface area is 181 Å². The number of ether oxygens (including phenoxy) is 1. The molecule has 1 saturated heterocycles. The second-order valence-electron chi connectivity index (χ2n) is 8.04. The number of carbonyl (C=O) groups is 2. The van der Waals surface area contributed by atoms with Gasteiger partial charge in [0.25, 0.3) is 11.7 Å². The molecule has 1 aromatic carbocycles. The molecule has 1 fully saturated rings. The molecule has 7 heteroatoms. The summed E-state index contributed by atoms with van der Waals surface area (Å²) in [6, 6.07) is 10.1. The van der Waals surface area contributed by atoms with Crippen LogP contribution in [0.15, 0.2) is 47.4 Å². The van der Waals surface area contributed by atoms with Crippen LogP contribution in [0.2, 0.25) is 0 Å². The first-order valence-corrected chi connectivity index (χ1v) is 10.9. The predicted molar refractivity (Wildman–Crippen MR) is 119 cm³/mol. The maximum Gasteiger partial charge on any atom is 0.295 e. The van der Waals surface area contributed by atoms with Crippen LogP contribution >= 0.6 is 11.3 Å². The van der Waals surface area contributed by atoms with E-state index in [-0.39, 0.29) is 11.3 Å². The van der Waals surface area contributed by atoms with E-state index in [0.29, 0.717) is 36.9 Å². The monoisotopic (exact) mass is 428 g/mol. The lowest BCUT2D eigenvalue weighted by Crippen LogP contribution is -2.35. The molecule has 1 amide bonds. The molecule has 2 aromatic rings. The van der Waals surface area contributed by atoms with Gasteiger partial charge < -0.3 is 19.6 Å². The van der Waals surface area contributed by atoms with Gasteiger partial charge in [-0.1, -0.05) is 19.9 Å². The fraction of sp³-hybridized carbons (Fsp3) is 0.391. The lowest BCUT2D eigenvalue weighted by Gasteiger charge is -2.25. The van der Waals surface area contributed by atoms with Crippen LogP contribution < -0.4 is 4.74 Å². The topological polar surface area (TPSA) is 70.1 Å². The third-order valence-corrected chi connectivity index (χ3v) is 5.78. The molecule has 3 rings (SSSR count). The van der Waals surface area contributed by atoms with Gasteiger partial charge in [-0.25, -0.2) is 0 Å². The Balaban J connectivity index is 1.97. The normalized spacial score (nSPS) is 18.6. The van der Waals surface area contributed by atoms with E-state index in [1.54, 1.807) is 29.2 Å². The van der Waals surface area contributed by atoms with Crippen LogP contribution in [0, 0.1) is 5.92 Å². The standard InChI is InChI=1S/C23H28N2O4S/c1-15(2)14-29-17-9-7-16(8-10-17)21(26)19-20(18-6-5-13-30-18)25(12-11-24(3)4)23(28)22(19)27/h5-10,13,15,20,26H,11-12,14H2,1-4H3/b21-19+/t20-/m0/s1. The van der Waals surface area contributed by atoms with Gasteiger partial charge in [0.2, 0.25) is 0 Å². The molecule has 0 aliphatic carbocycles. The number of likely N-dealkylation sites (tertiary alicyclic amines) is 1. The number of nitrogens with zero attached hydrogens (tertiary/aromatic N) is 2. The van der Waals surface area contributed by atoms with Crippen molar-refractivity contribution in [3.8, 4) is 5.75 Å². The van der Waals surface area contributed by atoms with Crippen LogP contribution in [0.3, 0.4) is 0 Å². The minimum absolute atomic E-state index is 0.136. The number of thiophene rings is 1. The minimum Gasteiger partial charge on any atom is -0.507 e. The Morgan fingerprint density at radius 1 is 1.20 bits per heavy atom. The summed E-state index contributed by atoms with van der Waals surface area (Å²) < 4.78 is 5.69. The van der Waals surface area contributed by atoms with E-state index in [1.165, 1.54) is 11.3 Å². The number of hydrogen-bond acceptors (Lipinski definition) is 6. The molecule has 6 nitrogen and oxygen atoms in total. The van der Waals surface area contributed by atoms with E-state index in [4.69, 9.17) is 4.74 Å². The number of benzene rings is 1. The lowest BCUT2D eigenvalue weighted by atomic mass is 10.00. The number of Topliss-reactive ketones (excluding diaryl/α,β-unsaturated/α-hetero) is 1. The largest absolute Gasteiger partial charge is 0.507 e. The van der Waals surface area contributed by atoms with E-state index in [0.717, 1.165) is 4.88 Å². The average Bonchev–Trinajstić information content (AvgIpc) is 3.32. The number of likely N-dealkylation sites (N-methyl/N-ethyl adjacent to an activating group) is 1. The molecule has 1 aromatic heterocycles. The van der Waals surface area contributed by atoms with Crippen molar-refractivity contribution in [1.29, 1.82) is 0 Å². The third kappa shape index (κ3) is 4.74. The molecule has 2 heterocycles. The van der Waals surface area contributed by atoms with Crippen molar-refractivity contribution in [2.45, 2.75) is 19.9 Å². The van der Waals surface area contributed by atoms with E-state index in [2.05, 4.69) is 13.8 Å². The summed E-state index contributed by atoms with van der Waals surface area (Å²) in [4.78, 5) is 30.0. The van der Waals surface area contributed by atoms with E-state index >= 15 is 0 Å². The van der Waals surface area contributed by atoms with Crippen LogP contribution in [-0.2, 0) is 9.59 Å². The van der Waals surface area contributed by atoms with Crippen molar-refractivity contribution in [1.82, 2.24) is 9.80 Å². The maximum absolute atomic E-state index is 12.9. The molecule has 1 aliphatic heterocycles. The molecule has 1 aliphatic rings. The zero-order chi connectivity index (χ0) is 21.8. The van der Waals surface area contributed by atoms with Gasteiger partial charge in [-0.2, -0.15) is 0 Å². The number of carbonyl (C=O) groups excluding carboxylic acids is 2. The molecule has 0 radical (unpaired) electrons. The fourth-order valence-electron chi connectivity index (χ4n) is 3.29. The highest BCUT2D eigenvalue weighted by atomic mass is 32.1. The van der Waals surface area contributed by atoms with Crippen molar-refractivity contribution in [3.05, 3.63) is 57.8 Å². The Bertz CT molecular complexity index is 917. The smallest absolute Gasteiger partial charge is 0.295 e. The highest BCUT2D eigenvalue weighted by molar-refractivity contribution is 7.10. The molecular weight excluding hydrogens is 400 g/mol. The average molecular weight is 429 g/mol. The highest BCUT2D eigenvalue weighted by Gasteiger charge is 2.46. The van der Waals surface area contributed by atoms with Gasteiger partial charge in [0.05, 0.1) is 18.2 Å². The van der Waals surface area contributed by atoms with E-state index in [1.807, 2.05) is 36.5 Å². The van der Waals surface area contributed by atoms with Gasteiger partial charge in [0.1, 0.15) is 11.5 Å². The third-order valence-electron chi connectivity index (χ3n) is 4.85. The summed E-state index contributed by atoms with van der Waals surface area (Å²) in [5.74, 6) is -0.281. The summed E-state index contributed by atoms with van der Waals surface area (Å²) in [7, 11) is 3.83. The van der Waals surface area contributed by atoms with Crippen LogP contribution in [0.1, 0.15) is 30.3 Å². The van der Waals surface area contributed by atoms with Gasteiger partial charge in [-0.05, 0) is 55.7 Å². The molecule has 0 unspecified atom stereocenters. The summed E-state index contributed by atoms with van der Waals surface area (Å²) >= 11 is 1.47. The SMILES string of the molecule is CC(C)COc1ccc(/C(O)=C2\C(=O)C(=O)N(CCN(C)C)[C@H]2c2cccs2)cc1. The summed E-state index contributed by atoms with van der Waals surface area (Å²) in [6.45, 7) is 5.76. The first kappa shape index (κ1) is 22.1. The van der Waals surface area contributed by atoms with Crippen LogP contribution in [0.25, 0.3) is 5.76 Å². The Hall–Kier alpha value is -2.64. The van der Waals surface area contributed by atoms with Crippen molar-refractivity contribution in [2.24, 2.45) is 5.92 Å². The Morgan fingerprint density at radius 2 is 1.90 bits per heavy atom. The molecule has 1 atom stereocenters. The molecule has 30 heavy (non-hydrogen) atoms. The summed E-state index contributed by atoms with van der Waals surface area (Å²) in [6.07, 6.45) is 0. The zero-order valence-corrected chi connectivity index (χ0v) is 18.6. The number of ketones is 1. The maximum atomic E-state index is 12.9. The van der Waals surface area contributed by atoms with E-state index in [9.17, 15) is 14.7 Å². The molecule has 0 spiro atoms. The Kier molecular flexibility index (Phi) is 6.95. The molecule has 160 valence electrons. The van der Waals surface area contributed by atoms with Crippen molar-refractivity contribution >= 4 is 28.8 Å². The summed E-state index contributed by atoms with van der Waals surface area (Å²) in [5.41, 5.74) is 0.621. The van der Waals surface area contributed by atoms with Crippen LogP contribution in [0.5, 0.6) is 5.75 Å². The second kappa shape index (κ2) is 9.45. The van der Waals surface area contributed by atoms with Gasteiger partial charge >= 0.3 is 0 Å². The van der Waals surface area contributed by atoms with Crippen LogP contribution in [0.4, 0.5) is 0 Å². The molecular formula is C23H28N2O4S. The molecule has 0 bridgehead atoms. The second-order valence-corrected chi connectivity index (χ2v) is 9.02. The number of hydrogen-bond donors (Lipinski definition) is 1. The number of aliphatic hydroxyl groups excluding tert-OH is 1. The van der Waals surface area contributed by atoms with Gasteiger partial charge in [0.15, 0.2) is 0 Å². The number of rotatable bonds is 8. The predicted octanol–water partition coefficient (Wildman–Crippen LogP) is 3.77.